The molecule has 0 unspecified atom stereocenters. The molecule has 5 rings (SSSR count). The van der Waals surface area contributed by atoms with E-state index < -0.39 is 0 Å². The van der Waals surface area contributed by atoms with E-state index >= 15 is 0 Å². The summed E-state index contributed by atoms with van der Waals surface area (Å²) in [7, 11) is 0. The number of hydrogen-bond donors (Lipinski definition) is 1. The number of rotatable bonds is 5. The van der Waals surface area contributed by atoms with Crippen LogP contribution in [0.25, 0.3) is 27.8 Å². The molecule has 2 aromatic heterocycles. The molecule has 3 aromatic carbocycles. The van der Waals surface area contributed by atoms with Crippen molar-refractivity contribution in [1.29, 1.82) is 0 Å². The molecular formula is C25H20N4O. The van der Waals surface area contributed by atoms with Gasteiger partial charge < -0.3 is 15.0 Å². The summed E-state index contributed by atoms with van der Waals surface area (Å²) in [5.74, 6) is 1.28. The van der Waals surface area contributed by atoms with Crippen LogP contribution in [-0.4, -0.2) is 14.5 Å². The molecule has 0 fully saturated rings. The Bertz CT molecular complexity index is 1280. The summed E-state index contributed by atoms with van der Waals surface area (Å²) < 4.78 is 7.96. The Hall–Kier alpha value is -4.12. The van der Waals surface area contributed by atoms with E-state index in [1.54, 1.807) is 0 Å². The molecule has 0 amide bonds. The number of benzene rings is 3. The van der Waals surface area contributed by atoms with Crippen LogP contribution in [0.1, 0.15) is 5.56 Å². The van der Waals surface area contributed by atoms with Crippen molar-refractivity contribution in [2.75, 3.05) is 5.73 Å². The molecule has 0 radical (unpaired) electrons. The van der Waals surface area contributed by atoms with Crippen molar-refractivity contribution in [3.05, 3.63) is 103 Å². The van der Waals surface area contributed by atoms with Gasteiger partial charge in [0, 0.05) is 17.4 Å². The monoisotopic (exact) mass is 392 g/mol. The van der Waals surface area contributed by atoms with Gasteiger partial charge in [-0.3, -0.25) is 0 Å². The van der Waals surface area contributed by atoms with Crippen LogP contribution in [0.4, 0.5) is 5.82 Å². The third-order valence-electron chi connectivity index (χ3n) is 5.06. The Morgan fingerprint density at radius 1 is 0.800 bits per heavy atom. The fourth-order valence-corrected chi connectivity index (χ4v) is 3.56. The first kappa shape index (κ1) is 17.9. The van der Waals surface area contributed by atoms with Crippen LogP contribution < -0.4 is 10.5 Å². The van der Waals surface area contributed by atoms with E-state index in [0.717, 1.165) is 39.2 Å². The van der Waals surface area contributed by atoms with Crippen molar-refractivity contribution in [2.24, 2.45) is 0 Å². The number of fused-ring (bicyclic) bond motifs is 1. The van der Waals surface area contributed by atoms with E-state index in [-0.39, 0.29) is 0 Å². The van der Waals surface area contributed by atoms with Crippen molar-refractivity contribution in [1.82, 2.24) is 14.5 Å². The lowest BCUT2D eigenvalue weighted by Crippen LogP contribution is -1.96. The maximum absolute atomic E-state index is 6.24. The highest BCUT2D eigenvalue weighted by molar-refractivity contribution is 6.01. The Balaban J connectivity index is 1.50. The highest BCUT2D eigenvalue weighted by atomic mass is 16.5. The van der Waals surface area contributed by atoms with E-state index in [1.807, 2.05) is 77.4 Å². The molecule has 5 nitrogen and oxygen atoms in total. The van der Waals surface area contributed by atoms with Gasteiger partial charge in [0.25, 0.3) is 0 Å². The van der Waals surface area contributed by atoms with Gasteiger partial charge in [-0.2, -0.15) is 0 Å². The Morgan fingerprint density at radius 2 is 1.50 bits per heavy atom. The van der Waals surface area contributed by atoms with Crippen LogP contribution in [0.5, 0.6) is 5.75 Å². The van der Waals surface area contributed by atoms with Gasteiger partial charge in [0.05, 0.1) is 5.39 Å². The topological polar surface area (TPSA) is 66.0 Å². The molecule has 0 atom stereocenters. The third kappa shape index (κ3) is 3.37. The number of ether oxygens (including phenoxy) is 1. The molecule has 0 spiro atoms. The molecule has 5 aromatic rings. The molecule has 2 heterocycles. The predicted octanol–water partition coefficient (Wildman–Crippen LogP) is 5.25. The van der Waals surface area contributed by atoms with Crippen LogP contribution in [-0.2, 0) is 6.61 Å². The zero-order valence-corrected chi connectivity index (χ0v) is 16.3. The van der Waals surface area contributed by atoms with Gasteiger partial charge in [-0.15, -0.1) is 0 Å². The summed E-state index contributed by atoms with van der Waals surface area (Å²) in [4.78, 5) is 8.70. The normalized spacial score (nSPS) is 10.9. The van der Waals surface area contributed by atoms with Gasteiger partial charge in [0.1, 0.15) is 24.5 Å². The molecule has 146 valence electrons. The summed E-state index contributed by atoms with van der Waals surface area (Å²) in [6.07, 6.45) is 3.56. The molecule has 0 aliphatic carbocycles. The van der Waals surface area contributed by atoms with Gasteiger partial charge in [-0.1, -0.05) is 60.7 Å². The molecule has 0 bridgehead atoms. The van der Waals surface area contributed by atoms with Gasteiger partial charge in [-0.05, 0) is 35.4 Å². The minimum Gasteiger partial charge on any atom is -0.489 e. The van der Waals surface area contributed by atoms with Crippen LogP contribution in [0.15, 0.2) is 97.5 Å². The zero-order chi connectivity index (χ0) is 20.3. The Morgan fingerprint density at radius 3 is 2.23 bits per heavy atom. The maximum atomic E-state index is 6.24. The number of nitrogen functional groups attached to an aromatic ring is 1. The largest absolute Gasteiger partial charge is 0.489 e. The summed E-state index contributed by atoms with van der Waals surface area (Å²) in [5.41, 5.74) is 11.2. The molecule has 0 aliphatic heterocycles. The zero-order valence-electron chi connectivity index (χ0n) is 16.3. The third-order valence-corrected chi connectivity index (χ3v) is 5.06. The Labute approximate surface area is 174 Å². The summed E-state index contributed by atoms with van der Waals surface area (Å²) >= 11 is 0. The van der Waals surface area contributed by atoms with Gasteiger partial charge in [-0.25, -0.2) is 9.97 Å². The standard InChI is InChI=1S/C25H20N4O/c26-24-23-22(15-29(25(23)28-17-27-24)20-9-5-2-6-10-20)19-11-13-21(14-12-19)30-16-18-7-3-1-4-8-18/h1-15,17H,16H2,(H2,26,27,28). The Kier molecular flexibility index (Phi) is 4.62. The van der Waals surface area contributed by atoms with Crippen molar-refractivity contribution >= 4 is 16.9 Å². The van der Waals surface area contributed by atoms with E-state index in [9.17, 15) is 0 Å². The van der Waals surface area contributed by atoms with Crippen molar-refractivity contribution in [2.45, 2.75) is 6.61 Å². The predicted molar refractivity (Wildman–Crippen MR) is 119 cm³/mol. The van der Waals surface area contributed by atoms with Crippen molar-refractivity contribution in [3.63, 3.8) is 0 Å². The number of hydrogen-bond acceptors (Lipinski definition) is 4. The van der Waals surface area contributed by atoms with Crippen LogP contribution in [0, 0.1) is 0 Å². The second-order valence-corrected chi connectivity index (χ2v) is 7.00. The molecule has 0 saturated carbocycles. The second kappa shape index (κ2) is 7.72. The lowest BCUT2D eigenvalue weighted by atomic mass is 10.1. The smallest absolute Gasteiger partial charge is 0.150 e. The van der Waals surface area contributed by atoms with Crippen LogP contribution in [0.3, 0.4) is 0 Å². The molecule has 2 N–H and O–H groups in total. The quantitative estimate of drug-likeness (QED) is 0.444. The fourth-order valence-electron chi connectivity index (χ4n) is 3.56. The molecule has 0 aliphatic rings. The summed E-state index contributed by atoms with van der Waals surface area (Å²) in [5, 5.41) is 0.847. The van der Waals surface area contributed by atoms with E-state index in [4.69, 9.17) is 10.5 Å². The highest BCUT2D eigenvalue weighted by Crippen LogP contribution is 2.34. The maximum Gasteiger partial charge on any atom is 0.150 e. The summed E-state index contributed by atoms with van der Waals surface area (Å²) in [6.45, 7) is 0.536. The minimum absolute atomic E-state index is 0.467. The number of aromatic nitrogens is 3. The number of para-hydroxylation sites is 1. The molecule has 30 heavy (non-hydrogen) atoms. The van der Waals surface area contributed by atoms with Gasteiger partial charge >= 0.3 is 0 Å². The number of nitrogens with zero attached hydrogens (tertiary/aromatic N) is 3. The van der Waals surface area contributed by atoms with Gasteiger partial charge in [0.15, 0.2) is 5.65 Å². The van der Waals surface area contributed by atoms with Crippen LogP contribution in [0.2, 0.25) is 0 Å². The van der Waals surface area contributed by atoms with Crippen molar-refractivity contribution in [3.8, 4) is 22.6 Å². The number of anilines is 1. The molecular weight excluding hydrogens is 372 g/mol. The number of nitrogens with two attached hydrogens (primary N) is 1. The lowest BCUT2D eigenvalue weighted by molar-refractivity contribution is 0.306. The van der Waals surface area contributed by atoms with Crippen LogP contribution >= 0.6 is 0 Å². The first-order valence-corrected chi connectivity index (χ1v) is 9.74. The average molecular weight is 392 g/mol. The first-order valence-electron chi connectivity index (χ1n) is 9.74. The first-order chi connectivity index (χ1) is 14.8. The van der Waals surface area contributed by atoms with Gasteiger partial charge in [0.2, 0.25) is 0 Å². The SMILES string of the molecule is Nc1ncnc2c1c(-c1ccc(OCc3ccccc3)cc1)cn2-c1ccccc1. The van der Waals surface area contributed by atoms with E-state index in [2.05, 4.69) is 28.3 Å². The lowest BCUT2D eigenvalue weighted by Gasteiger charge is -2.07. The molecule has 5 heteroatoms. The molecule has 0 saturated heterocycles. The van der Waals surface area contributed by atoms with Crippen molar-refractivity contribution < 1.29 is 4.74 Å². The fraction of sp³-hybridized carbons (Fsp3) is 0.0400. The summed E-state index contributed by atoms with van der Waals surface area (Å²) in [6, 6.07) is 28.2. The second-order valence-electron chi connectivity index (χ2n) is 7.00. The highest BCUT2D eigenvalue weighted by Gasteiger charge is 2.16. The van der Waals surface area contributed by atoms with E-state index in [1.165, 1.54) is 6.33 Å². The average Bonchev–Trinajstić information content (AvgIpc) is 3.20. The van der Waals surface area contributed by atoms with E-state index in [0.29, 0.717) is 12.4 Å². The minimum atomic E-state index is 0.467.